The van der Waals surface area contributed by atoms with Gasteiger partial charge in [-0.05, 0) is 198 Å². The highest BCUT2D eigenvalue weighted by atomic mass is 16.5. The SMILES string of the molecule is C.CCCCCCCOCCCCc1ccccc1.CCCCCCCOCCCCc1ccccc1.O=C(O)c1ccc2ccccc2c1O.OCc1cc(C(O)CNCCCCCCOCCCCc2ccccc2)ccc1O.OCc1cc(C(O)CNCCCCCCOCCCCc2ccccc2)ccc1O. The first-order chi connectivity index (χ1) is 54.0. The molecule has 0 heterocycles. The van der Waals surface area contributed by atoms with Gasteiger partial charge in [0, 0.05) is 82.5 Å². The second-order valence-electron chi connectivity index (χ2n) is 28.4. The number of aromatic carboxylic acids is 1. The second-order valence-corrected chi connectivity index (χ2v) is 28.4. The molecule has 614 valence electrons. The molecule has 8 aromatic rings. The Bertz CT molecular complexity index is 3280. The van der Waals surface area contributed by atoms with Crippen LogP contribution >= 0.6 is 0 Å². The molecule has 0 bridgehead atoms. The van der Waals surface area contributed by atoms with E-state index in [2.05, 4.69) is 146 Å². The van der Waals surface area contributed by atoms with Crippen LogP contribution in [0, 0.1) is 0 Å². The number of hydrogen-bond donors (Lipinski definition) is 10. The van der Waals surface area contributed by atoms with Crippen LogP contribution in [0.2, 0.25) is 0 Å². The molecule has 0 saturated carbocycles. The Hall–Kier alpha value is -7.51. The van der Waals surface area contributed by atoms with Crippen LogP contribution in [0.5, 0.6) is 17.2 Å². The number of phenols is 3. The Morgan fingerprint density at radius 3 is 0.964 bits per heavy atom. The summed E-state index contributed by atoms with van der Waals surface area (Å²) in [7, 11) is 0. The summed E-state index contributed by atoms with van der Waals surface area (Å²) >= 11 is 0. The summed E-state index contributed by atoms with van der Waals surface area (Å²) in [4.78, 5) is 10.7. The molecule has 0 aliphatic heterocycles. The Morgan fingerprint density at radius 1 is 0.351 bits per heavy atom. The number of aromatic hydroxyl groups is 3. The largest absolute Gasteiger partial charge is 0.508 e. The number of hydrogen-bond acceptors (Lipinski definition) is 14. The molecule has 0 aromatic heterocycles. The predicted octanol–water partition coefficient (Wildman–Crippen LogP) is 21.1. The number of unbranched alkanes of at least 4 members (excludes halogenated alkanes) is 18. The van der Waals surface area contributed by atoms with Gasteiger partial charge in [-0.25, -0.2) is 4.79 Å². The van der Waals surface area contributed by atoms with Crippen LogP contribution in [0.15, 0.2) is 194 Å². The predicted molar refractivity (Wildman–Crippen MR) is 458 cm³/mol. The number of aryl methyl sites for hydroxylation is 4. The zero-order chi connectivity index (χ0) is 78.8. The number of carbonyl (C=O) groups is 1. The Labute approximate surface area is 668 Å². The van der Waals surface area contributed by atoms with E-state index in [-0.39, 0.29) is 43.5 Å². The van der Waals surface area contributed by atoms with Gasteiger partial charge in [0.1, 0.15) is 22.8 Å². The van der Waals surface area contributed by atoms with Gasteiger partial charge >= 0.3 is 5.97 Å². The molecule has 0 fully saturated rings. The van der Waals surface area contributed by atoms with E-state index in [1.54, 1.807) is 42.5 Å². The average Bonchev–Trinajstić information content (AvgIpc) is 0.810. The summed E-state index contributed by atoms with van der Waals surface area (Å²) in [5.74, 6) is -1.18. The van der Waals surface area contributed by atoms with Gasteiger partial charge in [0.2, 0.25) is 0 Å². The zero-order valence-electron chi connectivity index (χ0n) is 66.9. The summed E-state index contributed by atoms with van der Waals surface area (Å²) in [6.07, 6.45) is 34.9. The van der Waals surface area contributed by atoms with Crippen molar-refractivity contribution in [1.29, 1.82) is 0 Å². The molecule has 2 unspecified atom stereocenters. The molecular formula is C96H142N2O13. The van der Waals surface area contributed by atoms with Gasteiger partial charge in [-0.2, -0.15) is 0 Å². The maximum atomic E-state index is 10.7. The first-order valence-electron chi connectivity index (χ1n) is 41.5. The number of fused-ring (bicyclic) bond motifs is 1. The minimum absolute atomic E-state index is 0. The lowest BCUT2D eigenvalue weighted by Gasteiger charge is -2.14. The van der Waals surface area contributed by atoms with Crippen LogP contribution in [0.3, 0.4) is 0 Å². The lowest BCUT2D eigenvalue weighted by atomic mass is 10.1. The van der Waals surface area contributed by atoms with Crippen LogP contribution in [-0.2, 0) is 57.8 Å². The van der Waals surface area contributed by atoms with E-state index in [0.29, 0.717) is 40.7 Å². The molecule has 0 aliphatic rings. The summed E-state index contributed by atoms with van der Waals surface area (Å²) in [5, 5.41) is 84.3. The standard InChI is InChI=1S/2C25H37NO4.2C17H28O.C11H8O3.CH4/c2*27-20-23-18-22(13-14-24(23)28)25(29)19-26-15-7-1-2-8-16-30-17-9-6-12-21-10-4-3-5-11-21;2*1-2-3-4-5-10-15-18-16-11-9-14-17-12-7-6-8-13-17;12-10-8-4-2-1-3-7(8)5-6-9(10)11(13)14;/h2*3-5,10-11,13-14,18,25-29H,1-2,6-9,12,15-17,19-20H2;2*6-8,12-13H,2-5,9-11,14-16H2,1H3;1-6,12H,(H,13,14);1H4. The molecule has 0 spiro atoms. The van der Waals surface area contributed by atoms with Gasteiger partial charge in [-0.3, -0.25) is 0 Å². The van der Waals surface area contributed by atoms with E-state index in [1.165, 1.54) is 156 Å². The molecule has 0 radical (unpaired) electrons. The highest BCUT2D eigenvalue weighted by Crippen LogP contribution is 2.29. The number of carboxylic acid groups (broad SMARTS) is 1. The van der Waals surface area contributed by atoms with Crippen molar-refractivity contribution in [1.82, 2.24) is 10.6 Å². The number of rotatable bonds is 55. The molecule has 15 nitrogen and oxygen atoms in total. The van der Waals surface area contributed by atoms with Crippen LogP contribution < -0.4 is 10.6 Å². The van der Waals surface area contributed by atoms with Crippen molar-refractivity contribution < 1.29 is 64.6 Å². The van der Waals surface area contributed by atoms with Crippen molar-refractivity contribution in [3.8, 4) is 17.2 Å². The fourth-order valence-corrected chi connectivity index (χ4v) is 12.4. The van der Waals surface area contributed by atoms with Crippen molar-refractivity contribution in [3.05, 3.63) is 244 Å². The molecule has 0 amide bonds. The zero-order valence-corrected chi connectivity index (χ0v) is 66.9. The van der Waals surface area contributed by atoms with Crippen LogP contribution in [-0.4, -0.2) is 126 Å². The molecular weight excluding hydrogens is 1390 g/mol. The number of nitrogens with one attached hydrogen (secondary N) is 2. The monoisotopic (exact) mass is 1530 g/mol. The number of carboxylic acids is 1. The van der Waals surface area contributed by atoms with Gasteiger partial charge in [-0.1, -0.05) is 262 Å². The minimum atomic E-state index is -1.12. The third kappa shape index (κ3) is 48.2. The Balaban J connectivity index is 0.000000369. The lowest BCUT2D eigenvalue weighted by molar-refractivity contribution is 0.0693. The number of aliphatic hydroxyl groups is 4. The van der Waals surface area contributed by atoms with Crippen LogP contribution in [0.1, 0.15) is 255 Å². The smallest absolute Gasteiger partial charge is 0.339 e. The topological polar surface area (TPSA) is 240 Å². The first kappa shape index (κ1) is 97.7. The van der Waals surface area contributed by atoms with Crippen molar-refractivity contribution in [2.75, 3.05) is 79.0 Å². The van der Waals surface area contributed by atoms with Gasteiger partial charge < -0.3 is 70.4 Å². The number of benzene rings is 8. The normalized spacial score (nSPS) is 11.4. The summed E-state index contributed by atoms with van der Waals surface area (Å²) in [6, 6.07) is 62.4. The fourth-order valence-electron chi connectivity index (χ4n) is 12.4. The Morgan fingerprint density at radius 2 is 0.649 bits per heavy atom. The van der Waals surface area contributed by atoms with E-state index in [9.17, 15) is 40.5 Å². The lowest BCUT2D eigenvalue weighted by Crippen LogP contribution is -2.22. The van der Waals surface area contributed by atoms with E-state index in [4.69, 9.17) is 24.1 Å². The highest BCUT2D eigenvalue weighted by molar-refractivity contribution is 6.00. The van der Waals surface area contributed by atoms with E-state index < -0.39 is 18.2 Å². The number of ether oxygens (including phenoxy) is 4. The van der Waals surface area contributed by atoms with Crippen molar-refractivity contribution in [3.63, 3.8) is 0 Å². The Kier molecular flexibility index (Phi) is 59.0. The quantitative estimate of drug-likeness (QED) is 0.0160. The van der Waals surface area contributed by atoms with Crippen molar-refractivity contribution >= 4 is 16.7 Å². The maximum Gasteiger partial charge on any atom is 0.339 e. The summed E-state index contributed by atoms with van der Waals surface area (Å²) in [6.45, 7) is 13.8. The fraction of sp³-hybridized carbons (Fsp3) is 0.510. The second kappa shape index (κ2) is 67.0. The molecule has 2 atom stereocenters. The van der Waals surface area contributed by atoms with Crippen molar-refractivity contribution in [2.45, 2.75) is 239 Å². The third-order valence-electron chi connectivity index (χ3n) is 19.1. The summed E-state index contributed by atoms with van der Waals surface area (Å²) < 4.78 is 22.7. The summed E-state index contributed by atoms with van der Waals surface area (Å²) in [5.41, 5.74) is 7.89. The molecule has 0 saturated heterocycles. The molecule has 8 rings (SSSR count). The molecule has 111 heavy (non-hydrogen) atoms. The molecule has 10 N–H and O–H groups in total. The molecule has 8 aromatic carbocycles. The van der Waals surface area contributed by atoms with E-state index >= 15 is 0 Å². The van der Waals surface area contributed by atoms with Crippen LogP contribution in [0.25, 0.3) is 10.8 Å². The average molecular weight is 1530 g/mol. The minimum Gasteiger partial charge on any atom is -0.508 e. The molecule has 15 heteroatoms. The third-order valence-corrected chi connectivity index (χ3v) is 19.1. The highest BCUT2D eigenvalue weighted by Gasteiger charge is 2.14. The van der Waals surface area contributed by atoms with Gasteiger partial charge in [0.05, 0.1) is 25.4 Å². The number of aliphatic hydroxyl groups excluding tert-OH is 4. The maximum absolute atomic E-state index is 10.7. The van der Waals surface area contributed by atoms with E-state index in [1.807, 2.05) is 12.1 Å². The van der Waals surface area contributed by atoms with Crippen molar-refractivity contribution in [2.24, 2.45) is 0 Å². The first-order valence-corrected chi connectivity index (χ1v) is 41.5. The van der Waals surface area contributed by atoms with Crippen LogP contribution in [0.4, 0.5) is 0 Å². The van der Waals surface area contributed by atoms with E-state index in [0.717, 1.165) is 148 Å². The van der Waals surface area contributed by atoms with Gasteiger partial charge in [0.15, 0.2) is 0 Å². The molecule has 0 aliphatic carbocycles. The van der Waals surface area contributed by atoms with Gasteiger partial charge in [0.25, 0.3) is 0 Å². The van der Waals surface area contributed by atoms with Gasteiger partial charge in [-0.15, -0.1) is 0 Å².